The van der Waals surface area contributed by atoms with Crippen LogP contribution in [0, 0.1) is 5.41 Å². The van der Waals surface area contributed by atoms with E-state index in [9.17, 15) is 15.0 Å². The van der Waals surface area contributed by atoms with Crippen LogP contribution >= 0.6 is 0 Å². The fraction of sp³-hybridized carbons (Fsp3) is 0.969. The van der Waals surface area contributed by atoms with E-state index in [0.29, 0.717) is 19.5 Å². The lowest BCUT2D eigenvalue weighted by molar-refractivity contribution is -0.893. The molecule has 0 spiro atoms. The zero-order valence-electron chi connectivity index (χ0n) is 26.7. The van der Waals surface area contributed by atoms with Crippen LogP contribution < -0.4 is 5.32 Å². The highest BCUT2D eigenvalue weighted by atomic mass is 16.5. The number of aliphatic hydroxyl groups excluding tert-OH is 3. The highest BCUT2D eigenvalue weighted by molar-refractivity contribution is 5.81. The van der Waals surface area contributed by atoms with Crippen molar-refractivity contribution < 1.29 is 29.3 Å². The number of nitrogens with zero attached hydrogens (tertiary/aromatic N) is 1. The van der Waals surface area contributed by atoms with Gasteiger partial charge in [-0.15, -0.1) is 0 Å². The standard InChI is InChI=1S/C32H66N2O5/c1-7-9-10-11-12-13-14-15-16-17-18-19-20-22-29(28(36)26-34(5,6)24-8-2)39-27-32(3,4)30(37)31(38)33-23-21-25-35/h28-30,35-37H,7-27H2,1-6H3/p+1/t28-,29-,30-/m0/s1. The van der Waals surface area contributed by atoms with Crippen LogP contribution in [0.2, 0.25) is 0 Å². The van der Waals surface area contributed by atoms with Crippen molar-refractivity contribution in [2.75, 3.05) is 46.9 Å². The van der Waals surface area contributed by atoms with Gasteiger partial charge in [-0.1, -0.05) is 111 Å². The number of carbonyl (C=O) groups is 1. The maximum Gasteiger partial charge on any atom is 0.249 e. The molecule has 0 bridgehead atoms. The summed E-state index contributed by atoms with van der Waals surface area (Å²) >= 11 is 0. The van der Waals surface area contributed by atoms with E-state index in [1.54, 1.807) is 0 Å². The Morgan fingerprint density at radius 1 is 0.821 bits per heavy atom. The molecule has 0 rings (SSSR count). The molecule has 0 aliphatic rings. The number of amides is 1. The third kappa shape index (κ3) is 19.9. The molecule has 3 atom stereocenters. The zero-order valence-corrected chi connectivity index (χ0v) is 26.7. The molecule has 0 saturated carbocycles. The summed E-state index contributed by atoms with van der Waals surface area (Å²) in [7, 11) is 4.28. The van der Waals surface area contributed by atoms with Crippen LogP contribution in [0.3, 0.4) is 0 Å². The van der Waals surface area contributed by atoms with Crippen LogP contribution in [0.4, 0.5) is 0 Å². The van der Waals surface area contributed by atoms with Crippen molar-refractivity contribution in [1.82, 2.24) is 5.32 Å². The Kier molecular flexibility index (Phi) is 22.5. The predicted octanol–water partition coefficient (Wildman–Crippen LogP) is 5.59. The van der Waals surface area contributed by atoms with Gasteiger partial charge in [0.1, 0.15) is 18.8 Å². The Labute approximate surface area is 241 Å². The molecule has 0 heterocycles. The maximum absolute atomic E-state index is 12.4. The SMILES string of the molecule is CCCCCCCCCCCCCCC[C@H](OCC(C)(C)[C@@H](O)C(=O)NCCCO)[C@@H](O)C[N+](C)(C)CCC. The molecule has 4 N–H and O–H groups in total. The minimum atomic E-state index is -1.22. The number of unbranched alkanes of at least 4 members (excludes halogenated alkanes) is 12. The van der Waals surface area contributed by atoms with Crippen LogP contribution in [-0.2, 0) is 9.53 Å². The third-order valence-electron chi connectivity index (χ3n) is 7.82. The lowest BCUT2D eigenvalue weighted by Crippen LogP contribution is -2.51. The molecule has 39 heavy (non-hydrogen) atoms. The first kappa shape index (κ1) is 38.3. The monoisotopic (exact) mass is 560 g/mol. The maximum atomic E-state index is 12.4. The van der Waals surface area contributed by atoms with Crippen molar-refractivity contribution in [3.05, 3.63) is 0 Å². The molecule has 0 aliphatic heterocycles. The second-order valence-electron chi connectivity index (χ2n) is 13.0. The summed E-state index contributed by atoms with van der Waals surface area (Å²) in [4.78, 5) is 12.4. The number of aliphatic hydroxyl groups is 3. The van der Waals surface area contributed by atoms with Gasteiger partial charge in [0.2, 0.25) is 5.91 Å². The van der Waals surface area contributed by atoms with Gasteiger partial charge in [0.15, 0.2) is 0 Å². The van der Waals surface area contributed by atoms with E-state index < -0.39 is 23.5 Å². The predicted molar refractivity (Wildman–Crippen MR) is 163 cm³/mol. The van der Waals surface area contributed by atoms with Crippen LogP contribution in [0.25, 0.3) is 0 Å². The van der Waals surface area contributed by atoms with E-state index in [4.69, 9.17) is 9.84 Å². The number of ether oxygens (including phenoxy) is 1. The van der Waals surface area contributed by atoms with E-state index in [-0.39, 0.29) is 19.3 Å². The number of carbonyl (C=O) groups excluding carboxylic acids is 1. The Bertz CT molecular complexity index is 585. The van der Waals surface area contributed by atoms with Crippen LogP contribution in [0.1, 0.15) is 130 Å². The van der Waals surface area contributed by atoms with Gasteiger partial charge in [-0.25, -0.2) is 0 Å². The van der Waals surface area contributed by atoms with Gasteiger partial charge >= 0.3 is 0 Å². The summed E-state index contributed by atoms with van der Waals surface area (Å²) < 4.78 is 6.99. The Morgan fingerprint density at radius 3 is 1.82 bits per heavy atom. The first-order valence-electron chi connectivity index (χ1n) is 16.2. The van der Waals surface area contributed by atoms with Gasteiger partial charge in [0.05, 0.1) is 33.4 Å². The molecule has 0 fully saturated rings. The molecule has 0 aliphatic carbocycles. The van der Waals surface area contributed by atoms with Crippen LogP contribution in [0.5, 0.6) is 0 Å². The second-order valence-corrected chi connectivity index (χ2v) is 13.0. The number of hydrogen-bond donors (Lipinski definition) is 4. The summed E-state index contributed by atoms with van der Waals surface area (Å²) in [5, 5.41) is 33.4. The fourth-order valence-electron chi connectivity index (χ4n) is 5.21. The van der Waals surface area contributed by atoms with Gasteiger partial charge < -0.3 is 29.9 Å². The van der Waals surface area contributed by atoms with Crippen molar-refractivity contribution in [2.24, 2.45) is 5.41 Å². The number of likely N-dealkylation sites (N-methyl/N-ethyl adjacent to an activating group) is 1. The lowest BCUT2D eigenvalue weighted by Gasteiger charge is -2.36. The van der Waals surface area contributed by atoms with Crippen LogP contribution in [0.15, 0.2) is 0 Å². The Balaban J connectivity index is 4.62. The van der Waals surface area contributed by atoms with E-state index in [2.05, 4.69) is 33.3 Å². The molecular weight excluding hydrogens is 492 g/mol. The van der Waals surface area contributed by atoms with Crippen molar-refractivity contribution >= 4 is 5.91 Å². The summed E-state index contributed by atoms with van der Waals surface area (Å²) in [5.74, 6) is -0.452. The van der Waals surface area contributed by atoms with Gasteiger partial charge in [-0.2, -0.15) is 0 Å². The van der Waals surface area contributed by atoms with Gasteiger partial charge in [0.25, 0.3) is 0 Å². The molecule has 0 aromatic heterocycles. The Morgan fingerprint density at radius 2 is 1.33 bits per heavy atom. The molecule has 1 amide bonds. The molecule has 0 aromatic rings. The largest absolute Gasteiger partial charge is 0.396 e. The van der Waals surface area contributed by atoms with E-state index in [1.807, 2.05) is 13.8 Å². The van der Waals surface area contributed by atoms with Gasteiger partial charge in [-0.3, -0.25) is 4.79 Å². The van der Waals surface area contributed by atoms with Crippen molar-refractivity contribution in [3.63, 3.8) is 0 Å². The van der Waals surface area contributed by atoms with Gasteiger partial charge in [-0.05, 0) is 19.3 Å². The fourth-order valence-corrected chi connectivity index (χ4v) is 5.21. The summed E-state index contributed by atoms with van der Waals surface area (Å²) in [6.45, 7) is 10.2. The summed E-state index contributed by atoms with van der Waals surface area (Å²) in [6, 6.07) is 0. The number of nitrogens with one attached hydrogen (secondary N) is 1. The number of quaternary nitrogens is 1. The molecule has 0 unspecified atom stereocenters. The van der Waals surface area contributed by atoms with Crippen molar-refractivity contribution in [2.45, 2.75) is 149 Å². The smallest absolute Gasteiger partial charge is 0.249 e. The zero-order chi connectivity index (χ0) is 29.6. The molecule has 0 saturated heterocycles. The lowest BCUT2D eigenvalue weighted by atomic mass is 9.86. The molecule has 0 aromatic carbocycles. The average Bonchev–Trinajstić information content (AvgIpc) is 2.87. The van der Waals surface area contributed by atoms with Crippen molar-refractivity contribution in [1.29, 1.82) is 0 Å². The third-order valence-corrected chi connectivity index (χ3v) is 7.82. The quantitative estimate of drug-likeness (QED) is 0.0777. The normalized spacial score (nSPS) is 14.8. The minimum absolute atomic E-state index is 0.00543. The minimum Gasteiger partial charge on any atom is -0.396 e. The Hall–Kier alpha value is -0.730. The summed E-state index contributed by atoms with van der Waals surface area (Å²) in [5.41, 5.74) is -0.801. The average molecular weight is 560 g/mol. The van der Waals surface area contributed by atoms with Gasteiger partial charge in [0, 0.05) is 18.6 Å². The molecular formula is C32H67N2O5+. The summed E-state index contributed by atoms with van der Waals surface area (Å²) in [6.07, 6.45) is 17.0. The van der Waals surface area contributed by atoms with E-state index in [0.717, 1.165) is 36.7 Å². The molecule has 0 radical (unpaired) electrons. The van der Waals surface area contributed by atoms with Crippen LogP contribution in [-0.4, -0.2) is 91.0 Å². The highest BCUT2D eigenvalue weighted by Gasteiger charge is 2.36. The topological polar surface area (TPSA) is 99.0 Å². The number of rotatable bonds is 27. The molecule has 7 nitrogen and oxygen atoms in total. The molecule has 234 valence electrons. The van der Waals surface area contributed by atoms with E-state index in [1.165, 1.54) is 70.6 Å². The molecule has 7 heteroatoms. The first-order valence-corrected chi connectivity index (χ1v) is 16.2. The highest BCUT2D eigenvalue weighted by Crippen LogP contribution is 2.25. The first-order chi connectivity index (χ1) is 18.5. The number of hydrogen-bond acceptors (Lipinski definition) is 5. The van der Waals surface area contributed by atoms with E-state index >= 15 is 0 Å². The van der Waals surface area contributed by atoms with Crippen molar-refractivity contribution in [3.8, 4) is 0 Å². The second kappa shape index (κ2) is 22.9.